The van der Waals surface area contributed by atoms with Crippen molar-refractivity contribution >= 4 is 64.9 Å². The number of Topliss-reactive ketones (excluding diaryl/α,β-unsaturated/α-hetero) is 5. The Bertz CT molecular complexity index is 3420. The minimum atomic E-state index is -1.46. The van der Waals surface area contributed by atoms with E-state index in [9.17, 15) is 76.8 Å². The van der Waals surface area contributed by atoms with Crippen LogP contribution in [0.4, 0.5) is 23.2 Å². The van der Waals surface area contributed by atoms with Crippen molar-refractivity contribution < 1.29 is 151 Å². The summed E-state index contributed by atoms with van der Waals surface area (Å²) in [6, 6.07) is -0.776. The maximum atomic E-state index is 14.1. The zero-order valence-corrected chi connectivity index (χ0v) is 77.3. The molecule has 0 aliphatic heterocycles. The Labute approximate surface area is 737 Å². The number of nitrogens with zero attached hydrogens (tertiary/aromatic N) is 7. The summed E-state index contributed by atoms with van der Waals surface area (Å²) in [5.41, 5.74) is 4.27. The first-order valence-corrected chi connectivity index (χ1v) is 42.2. The fourth-order valence-electron chi connectivity index (χ4n) is 18.7. The van der Waals surface area contributed by atoms with E-state index in [0.717, 1.165) is 96.3 Å². The van der Waals surface area contributed by atoms with E-state index in [4.69, 9.17) is 10.8 Å². The Morgan fingerprint density at radius 1 is 0.500 bits per heavy atom. The van der Waals surface area contributed by atoms with Gasteiger partial charge in [0.1, 0.15) is 18.4 Å². The number of amides is 6. The number of carbonyl (C=O) groups excluding carboxylic acids is 10. The average Bonchev–Trinajstić information content (AvgIpc) is 1.07. The first kappa shape index (κ1) is 107. The van der Waals surface area contributed by atoms with Gasteiger partial charge in [-0.25, -0.2) is 23.2 Å². The zero-order valence-electron chi connectivity index (χ0n) is 73.2. The number of aliphatic carboxylic acids is 3. The van der Waals surface area contributed by atoms with Gasteiger partial charge in [0.25, 0.3) is 0 Å². The van der Waals surface area contributed by atoms with Crippen molar-refractivity contribution in [2.45, 2.75) is 338 Å². The molecule has 7 N–H and O–H groups in total. The van der Waals surface area contributed by atoms with Crippen LogP contribution in [0.2, 0.25) is 0 Å². The van der Waals surface area contributed by atoms with Gasteiger partial charge in [-0.3, -0.25) is 38.1 Å². The van der Waals surface area contributed by atoms with Crippen LogP contribution in [-0.2, 0) is 65.3 Å². The molecule has 2 heterocycles. The maximum absolute atomic E-state index is 14.1. The quantitative estimate of drug-likeness (QED) is 0.0395. The smallest absolute Gasteiger partial charge is 0.548 e. The predicted molar refractivity (Wildman–Crippen MR) is 424 cm³/mol. The number of aryl methyl sites for hydroxylation is 2. The summed E-state index contributed by atoms with van der Waals surface area (Å²) in [4.78, 5) is 141. The van der Waals surface area contributed by atoms with E-state index in [1.165, 1.54) is 38.5 Å². The molecular weight excluding hydrogens is 1700 g/mol. The first-order chi connectivity index (χ1) is 53.0. The third kappa shape index (κ3) is 32.8. The van der Waals surface area contributed by atoms with Gasteiger partial charge in [0, 0.05) is 127 Å². The largest absolute Gasteiger partial charge is 1.00 e. The van der Waals surface area contributed by atoms with Gasteiger partial charge in [-0.15, -0.1) is 0 Å². The molecule has 7 aliphatic rings. The molecule has 0 bridgehead atoms. The number of carbonyl (C=O) groups is 11. The van der Waals surface area contributed by atoms with Crippen molar-refractivity contribution in [1.29, 1.82) is 0 Å². The second-order valence-electron chi connectivity index (χ2n) is 36.0. The molecule has 1 unspecified atom stereocenters. The summed E-state index contributed by atoms with van der Waals surface area (Å²) in [6.45, 7) is 27.0. The van der Waals surface area contributed by atoms with E-state index in [0.29, 0.717) is 81.8 Å². The molecule has 0 aromatic carbocycles. The summed E-state index contributed by atoms with van der Waals surface area (Å²) in [6.07, 6.45) is 23.6. The first-order valence-electron chi connectivity index (χ1n) is 42.2. The van der Waals surface area contributed by atoms with Crippen molar-refractivity contribution in [3.05, 3.63) is 35.9 Å². The number of ketones is 5. The molecule has 26 nitrogen and oxygen atoms in total. The summed E-state index contributed by atoms with van der Waals surface area (Å²) in [7, 11) is 3.45. The monoisotopic (exact) mass is 1840 g/mol. The van der Waals surface area contributed by atoms with Crippen LogP contribution in [0.1, 0.15) is 294 Å². The molecule has 2 aromatic heterocycles. The third-order valence-corrected chi connectivity index (χ3v) is 25.9. The molecule has 7 fully saturated rings. The molecule has 0 spiro atoms. The molecule has 9 rings (SSSR count). The number of aliphatic hydroxyl groups excluding tert-OH is 1. The topological polar surface area (TPSA) is 382 Å². The van der Waals surface area contributed by atoms with E-state index >= 15 is 0 Å². The third-order valence-electron chi connectivity index (χ3n) is 25.9. The number of alkyl halides is 2. The van der Waals surface area contributed by atoms with Crippen molar-refractivity contribution in [2.75, 3.05) is 39.3 Å². The molecular formula is C85H139F2Li2N11O15U. The number of carboxylic acid groups (broad SMARTS) is 3. The molecule has 7 aliphatic carbocycles. The van der Waals surface area contributed by atoms with Gasteiger partial charge in [-0.1, -0.05) is 106 Å². The van der Waals surface area contributed by atoms with E-state index in [1.807, 2.05) is 48.5 Å². The van der Waals surface area contributed by atoms with Crippen LogP contribution in [0.15, 0.2) is 24.5 Å². The zero-order chi connectivity index (χ0) is 84.5. The number of aromatic nitrogens is 4. The summed E-state index contributed by atoms with van der Waals surface area (Å²) in [5.74, 6) is -5.50. The van der Waals surface area contributed by atoms with Crippen LogP contribution in [0.5, 0.6) is 0 Å². The SMILES string of the molecule is CC1(C[C@H](N)C(=O)[O-])CCCC1.CCN(CC)C(=O)N[C@@H](CC1(C)CCCC1)C(=O)CC1(C(=O)C(=O)Cc2ccn(C)n2)CC(F)C1.CCN(CC)C(=O)N[C@@H](CC1(C)CCCC1)C(=O)CC1(C(O)C(=O)Cc2ccn(C)n2)CC(F)C1.CCN(CC)C(=O)N[C@@H](CC1(C)CCCC1)C(=O)[O-].C[C@@H](CC1(C)CCCC1)C(=O)O.[Li+].[Li+].[U]. The molecule has 6 amide bonds. The minimum Gasteiger partial charge on any atom is -0.548 e. The number of hydrogen-bond donors (Lipinski definition) is 6. The average molecular weight is 1850 g/mol. The molecule has 0 saturated heterocycles. The van der Waals surface area contributed by atoms with Crippen molar-refractivity contribution in [2.24, 2.45) is 63.7 Å². The van der Waals surface area contributed by atoms with Gasteiger partial charge in [0.05, 0.1) is 60.2 Å². The van der Waals surface area contributed by atoms with Gasteiger partial charge in [-0.05, 0) is 203 Å². The van der Waals surface area contributed by atoms with Gasteiger partial charge in [0.2, 0.25) is 11.6 Å². The second-order valence-corrected chi connectivity index (χ2v) is 36.0. The predicted octanol–water partition coefficient (Wildman–Crippen LogP) is 4.78. The van der Waals surface area contributed by atoms with Crippen molar-refractivity contribution in [3.63, 3.8) is 0 Å². The van der Waals surface area contributed by atoms with Crippen molar-refractivity contribution in [3.8, 4) is 0 Å². The Kier molecular flexibility index (Phi) is 45.4. The van der Waals surface area contributed by atoms with Crippen LogP contribution in [0.3, 0.4) is 0 Å². The summed E-state index contributed by atoms with van der Waals surface area (Å²) >= 11 is 0. The van der Waals surface area contributed by atoms with Gasteiger partial charge in [-0.2, -0.15) is 10.2 Å². The van der Waals surface area contributed by atoms with Crippen LogP contribution in [-0.4, -0.2) is 191 Å². The van der Waals surface area contributed by atoms with Crippen LogP contribution < -0.4 is 69.6 Å². The number of carboxylic acids is 3. The van der Waals surface area contributed by atoms with Crippen LogP contribution in [0, 0.1) is 74.9 Å². The maximum Gasteiger partial charge on any atom is 1.00 e. The van der Waals surface area contributed by atoms with Gasteiger partial charge < -0.3 is 66.4 Å². The molecule has 7 saturated carbocycles. The molecule has 6 atom stereocenters. The molecule has 31 heteroatoms. The summed E-state index contributed by atoms with van der Waals surface area (Å²) in [5, 5.41) is 58.1. The van der Waals surface area contributed by atoms with Gasteiger partial charge >= 0.3 is 61.8 Å². The number of aliphatic hydroxyl groups is 1. The Morgan fingerprint density at radius 3 is 1.11 bits per heavy atom. The van der Waals surface area contributed by atoms with Gasteiger partial charge in [0.15, 0.2) is 17.3 Å². The Hall–Kier alpha value is -4.98. The Morgan fingerprint density at radius 2 is 0.810 bits per heavy atom. The number of nitrogens with two attached hydrogens (primary N) is 1. The fourth-order valence-corrected chi connectivity index (χ4v) is 18.7. The van der Waals surface area contributed by atoms with E-state index in [2.05, 4.69) is 60.8 Å². The van der Waals surface area contributed by atoms with Crippen molar-refractivity contribution in [1.82, 2.24) is 50.2 Å². The molecule has 0 radical (unpaired) electrons. The van der Waals surface area contributed by atoms with Crippen LogP contribution in [0.25, 0.3) is 0 Å². The van der Waals surface area contributed by atoms with E-state index in [1.54, 1.807) is 62.7 Å². The number of hydrogen-bond acceptors (Lipinski definition) is 17. The number of halogens is 2. The number of rotatable bonds is 36. The van der Waals surface area contributed by atoms with E-state index < -0.39 is 88.7 Å². The molecule has 116 heavy (non-hydrogen) atoms. The normalized spacial score (nSPS) is 22.7. The molecule has 644 valence electrons. The van der Waals surface area contributed by atoms with Crippen LogP contribution >= 0.6 is 0 Å². The Balaban J connectivity index is 0.000000523. The summed E-state index contributed by atoms with van der Waals surface area (Å²) < 4.78 is 31.2. The fraction of sp³-hybridized carbons (Fsp3) is 0.800. The second kappa shape index (κ2) is 49.2. The van der Waals surface area contributed by atoms with E-state index in [-0.39, 0.29) is 177 Å². The standard InChI is InChI=1S/C26H41FN4O4.C26H39FN4O4.C14H26N2O3.C10H18O2.C9H17NO2.2Li.U/c2*1-5-31(6-2)24(35)28-20(16-25(3)10-7-8-11-25)22(33)17-26(14-18(27)15-26)23(34)21(32)13-19-9-12-30(4)29-19;1-4-16(5-2)13(19)15-11(12(17)18)10-14(3)8-6-7-9-14;1-8(9(11)12)7-10(2)5-3-4-6-10;1-9(4-2-3-5-9)6-7(10)8(11)12;;;/h9,12,18,20,23,34H,5-8,10-11,13-17H2,1-4H3,(H,28,35);9,12,18,20H,5-8,10-11,13-17H2,1-4H3,(H,28,35);11H,4-10H2,1-3H3,(H,15,19)(H,17,18);8H,3-7H2,1-2H3,(H,11,12);7H,2-6,10H2,1H3,(H,11,12);;;/q;;;;;2*+1;/p-2/t18?,20-,23?,26?;18?,20-,26?;11-;8-;7-;;;/m00000.../s1. The minimum absolute atomic E-state index is 0. The number of nitrogens with one attached hydrogen (secondary N) is 3. The number of urea groups is 3. The molecule has 2 aromatic rings.